The molecule has 1 N–H and O–H groups in total. The van der Waals surface area contributed by atoms with Gasteiger partial charge in [0, 0.05) is 11.8 Å². The smallest absolute Gasteiger partial charge is 0.336 e. The van der Waals surface area contributed by atoms with Gasteiger partial charge < -0.3 is 5.32 Å². The molecule has 0 radical (unpaired) electrons. The van der Waals surface area contributed by atoms with E-state index in [9.17, 15) is 19.2 Å². The first-order valence-electron chi connectivity index (χ1n) is 9.98. The molecule has 32 heavy (non-hydrogen) atoms. The van der Waals surface area contributed by atoms with Crippen LogP contribution in [-0.2, 0) is 17.9 Å². The van der Waals surface area contributed by atoms with E-state index in [1.165, 1.54) is 17.6 Å². The molecule has 0 spiro atoms. The van der Waals surface area contributed by atoms with Gasteiger partial charge >= 0.3 is 5.69 Å². The minimum Gasteiger partial charge on any atom is -0.349 e. The van der Waals surface area contributed by atoms with Gasteiger partial charge in [-0.05, 0) is 43.3 Å². The Morgan fingerprint density at radius 3 is 2.50 bits per heavy atom. The average molecular weight is 428 g/mol. The number of nitrogens with one attached hydrogen (secondary N) is 1. The number of carbonyl (C=O) groups excluding carboxylic acids is 2. The van der Waals surface area contributed by atoms with Crippen LogP contribution in [-0.4, -0.2) is 25.8 Å². The zero-order chi connectivity index (χ0) is 22.7. The number of nitrogens with zero attached hydrogens (tertiary/aromatic N) is 3. The number of carbonyl (C=O) groups is 2. The van der Waals surface area contributed by atoms with Crippen molar-refractivity contribution in [2.45, 2.75) is 20.0 Å². The molecule has 0 bridgehead atoms. The second-order valence-electron chi connectivity index (χ2n) is 7.23. The molecule has 0 saturated heterocycles. The van der Waals surface area contributed by atoms with E-state index >= 15 is 0 Å². The molecule has 4 aromatic rings. The van der Waals surface area contributed by atoms with Crippen LogP contribution in [0.3, 0.4) is 0 Å². The highest BCUT2D eigenvalue weighted by Gasteiger charge is 2.17. The van der Waals surface area contributed by atoms with Crippen molar-refractivity contribution in [3.8, 4) is 5.69 Å². The lowest BCUT2D eigenvalue weighted by Crippen LogP contribution is -2.41. The van der Waals surface area contributed by atoms with Gasteiger partial charge in [-0.1, -0.05) is 30.3 Å². The maximum Gasteiger partial charge on any atom is 0.336 e. The number of hydrogen-bond acceptors (Lipinski definition) is 5. The Hall–Kier alpha value is -4.33. The molecule has 0 atom stereocenters. The number of amides is 1. The third-order valence-electron chi connectivity index (χ3n) is 5.06. The number of benzene rings is 2. The Bertz CT molecular complexity index is 1440. The highest BCUT2D eigenvalue weighted by atomic mass is 16.2. The molecule has 0 unspecified atom stereocenters. The number of pyridine rings is 1. The quantitative estimate of drug-likeness (QED) is 0.474. The van der Waals surface area contributed by atoms with Gasteiger partial charge in [-0.2, -0.15) is 0 Å². The predicted molar refractivity (Wildman–Crippen MR) is 120 cm³/mol. The molecular weight excluding hydrogens is 408 g/mol. The van der Waals surface area contributed by atoms with Crippen LogP contribution in [0.5, 0.6) is 0 Å². The second-order valence-corrected chi connectivity index (χ2v) is 7.23. The van der Waals surface area contributed by atoms with Crippen LogP contribution in [0.15, 0.2) is 82.5 Å². The van der Waals surface area contributed by atoms with Crippen molar-refractivity contribution in [2.75, 3.05) is 0 Å². The van der Waals surface area contributed by atoms with Crippen molar-refractivity contribution in [1.82, 2.24) is 19.4 Å². The zero-order valence-corrected chi connectivity index (χ0v) is 17.3. The topological polar surface area (TPSA) is 103 Å². The molecule has 0 aliphatic rings. The Labute approximate surface area is 182 Å². The molecule has 1 amide bonds. The third-order valence-corrected chi connectivity index (χ3v) is 5.06. The summed E-state index contributed by atoms with van der Waals surface area (Å²) in [7, 11) is 0. The van der Waals surface area contributed by atoms with Crippen LogP contribution in [0, 0.1) is 0 Å². The van der Waals surface area contributed by atoms with Gasteiger partial charge in [-0.15, -0.1) is 0 Å². The van der Waals surface area contributed by atoms with Gasteiger partial charge in [-0.25, -0.2) is 9.36 Å². The molecule has 0 fully saturated rings. The van der Waals surface area contributed by atoms with E-state index in [1.54, 1.807) is 60.8 Å². The molecule has 4 rings (SSSR count). The standard InChI is InChI=1S/C24H20N4O4/c1-16(29)17-7-6-9-19(13-17)28-23(31)20-10-2-3-11-21(20)27(24(28)32)15-22(30)26-14-18-8-4-5-12-25-18/h2-13H,14-15H2,1H3,(H,26,30). The van der Waals surface area contributed by atoms with Crippen LogP contribution < -0.4 is 16.6 Å². The number of rotatable bonds is 6. The van der Waals surface area contributed by atoms with Crippen molar-refractivity contribution in [3.63, 3.8) is 0 Å². The Balaban J connectivity index is 1.78. The lowest BCUT2D eigenvalue weighted by molar-refractivity contribution is -0.121. The Morgan fingerprint density at radius 2 is 1.75 bits per heavy atom. The van der Waals surface area contributed by atoms with E-state index in [1.807, 2.05) is 6.07 Å². The van der Waals surface area contributed by atoms with Crippen molar-refractivity contribution in [3.05, 3.63) is 105 Å². The molecular formula is C24H20N4O4. The van der Waals surface area contributed by atoms with Crippen LogP contribution in [0.25, 0.3) is 16.6 Å². The fourth-order valence-corrected chi connectivity index (χ4v) is 3.46. The minimum absolute atomic E-state index is 0.185. The van der Waals surface area contributed by atoms with Crippen molar-refractivity contribution < 1.29 is 9.59 Å². The number of fused-ring (bicyclic) bond motifs is 1. The van der Waals surface area contributed by atoms with Gasteiger partial charge in [0.1, 0.15) is 6.54 Å². The molecule has 2 heterocycles. The van der Waals surface area contributed by atoms with Gasteiger partial charge in [0.2, 0.25) is 5.91 Å². The van der Waals surface area contributed by atoms with Crippen molar-refractivity contribution >= 4 is 22.6 Å². The molecule has 2 aromatic carbocycles. The molecule has 8 nitrogen and oxygen atoms in total. The highest BCUT2D eigenvalue weighted by molar-refractivity contribution is 5.94. The zero-order valence-electron chi connectivity index (χ0n) is 17.3. The summed E-state index contributed by atoms with van der Waals surface area (Å²) in [5.74, 6) is -0.583. The van der Waals surface area contributed by atoms with Crippen LogP contribution in [0.2, 0.25) is 0 Å². The lowest BCUT2D eigenvalue weighted by Gasteiger charge is -2.14. The first kappa shape index (κ1) is 20.9. The van der Waals surface area contributed by atoms with Gasteiger partial charge in [0.25, 0.3) is 5.56 Å². The summed E-state index contributed by atoms with van der Waals surface area (Å²) < 4.78 is 2.24. The first-order valence-corrected chi connectivity index (χ1v) is 9.98. The number of ketones is 1. The summed E-state index contributed by atoms with van der Waals surface area (Å²) in [5, 5.41) is 3.03. The fraction of sp³-hybridized carbons (Fsp3) is 0.125. The first-order chi connectivity index (χ1) is 15.5. The molecule has 2 aromatic heterocycles. The van der Waals surface area contributed by atoms with E-state index < -0.39 is 17.2 Å². The van der Waals surface area contributed by atoms with Gasteiger partial charge in [-0.3, -0.25) is 23.9 Å². The SMILES string of the molecule is CC(=O)c1cccc(-n2c(=O)c3ccccc3n(CC(=O)NCc3ccccn3)c2=O)c1. The maximum atomic E-state index is 13.3. The van der Waals surface area contributed by atoms with E-state index in [2.05, 4.69) is 10.3 Å². The summed E-state index contributed by atoms with van der Waals surface area (Å²) in [6.45, 7) is 1.35. The van der Waals surface area contributed by atoms with Crippen LogP contribution in [0.4, 0.5) is 0 Å². The number of aromatic nitrogens is 3. The van der Waals surface area contributed by atoms with E-state index in [0.29, 0.717) is 16.8 Å². The number of Topliss-reactive ketones (excluding diaryl/α,β-unsaturated/α-hetero) is 1. The molecule has 160 valence electrons. The summed E-state index contributed by atoms with van der Waals surface area (Å²) >= 11 is 0. The average Bonchev–Trinajstić information content (AvgIpc) is 2.81. The summed E-state index contributed by atoms with van der Waals surface area (Å²) in [6, 6.07) is 18.3. The second kappa shape index (κ2) is 8.81. The minimum atomic E-state index is -0.664. The van der Waals surface area contributed by atoms with Gasteiger partial charge in [0.15, 0.2) is 5.78 Å². The third kappa shape index (κ3) is 4.11. The van der Waals surface area contributed by atoms with Gasteiger partial charge in [0.05, 0.1) is 28.8 Å². The molecule has 0 saturated carbocycles. The molecule has 0 aliphatic carbocycles. The van der Waals surface area contributed by atoms with E-state index in [-0.39, 0.29) is 29.9 Å². The van der Waals surface area contributed by atoms with E-state index in [4.69, 9.17) is 0 Å². The maximum absolute atomic E-state index is 13.3. The Kier molecular flexibility index (Phi) is 5.76. The summed E-state index contributed by atoms with van der Waals surface area (Å²) in [5.41, 5.74) is 0.500. The lowest BCUT2D eigenvalue weighted by atomic mass is 10.1. The fourth-order valence-electron chi connectivity index (χ4n) is 3.46. The molecule has 8 heteroatoms. The van der Waals surface area contributed by atoms with Crippen LogP contribution >= 0.6 is 0 Å². The molecule has 0 aliphatic heterocycles. The Morgan fingerprint density at radius 1 is 0.969 bits per heavy atom. The predicted octanol–water partition coefficient (Wildman–Crippen LogP) is 2.07. The van der Waals surface area contributed by atoms with Crippen molar-refractivity contribution in [1.29, 1.82) is 0 Å². The number of hydrogen-bond donors (Lipinski definition) is 1. The monoisotopic (exact) mass is 428 g/mol. The normalized spacial score (nSPS) is 10.8. The largest absolute Gasteiger partial charge is 0.349 e. The van der Waals surface area contributed by atoms with Crippen LogP contribution in [0.1, 0.15) is 23.0 Å². The summed E-state index contributed by atoms with van der Waals surface area (Å²) in [6.07, 6.45) is 1.63. The highest BCUT2D eigenvalue weighted by Crippen LogP contribution is 2.12. The summed E-state index contributed by atoms with van der Waals surface area (Å²) in [4.78, 5) is 55.0. The van der Waals surface area contributed by atoms with E-state index in [0.717, 1.165) is 4.57 Å². The number of para-hydroxylation sites is 1. The van der Waals surface area contributed by atoms with Crippen molar-refractivity contribution in [2.24, 2.45) is 0 Å².